The van der Waals surface area contributed by atoms with Crippen LogP contribution in [-0.4, -0.2) is 10.8 Å². The number of furan rings is 1. The van der Waals surface area contributed by atoms with E-state index in [0.29, 0.717) is 17.1 Å². The van der Waals surface area contributed by atoms with Crippen molar-refractivity contribution in [1.82, 2.24) is 4.98 Å². The second-order valence-electron chi connectivity index (χ2n) is 4.21. The van der Waals surface area contributed by atoms with Crippen molar-refractivity contribution in [3.63, 3.8) is 0 Å². The van der Waals surface area contributed by atoms with Gasteiger partial charge in [0.05, 0.1) is 12.1 Å². The summed E-state index contributed by atoms with van der Waals surface area (Å²) in [5.41, 5.74) is 6.91. The lowest BCUT2D eigenvalue weighted by Crippen LogP contribution is -2.00. The zero-order chi connectivity index (χ0) is 13.2. The predicted octanol–water partition coefficient (Wildman–Crippen LogP) is 2.52. The fourth-order valence-corrected chi connectivity index (χ4v) is 1.97. The number of nitrogens with zero attached hydrogens (tertiary/aromatic N) is 1. The lowest BCUT2D eigenvalue weighted by atomic mass is 10.1. The highest BCUT2D eigenvalue weighted by molar-refractivity contribution is 6.08. The summed E-state index contributed by atoms with van der Waals surface area (Å²) in [6.45, 7) is 0.287. The molecule has 4 heteroatoms. The van der Waals surface area contributed by atoms with Gasteiger partial charge in [-0.25, -0.2) is 0 Å². The maximum Gasteiger partial charge on any atom is 0.228 e. The van der Waals surface area contributed by atoms with E-state index in [9.17, 15) is 4.79 Å². The molecule has 0 radical (unpaired) electrons. The van der Waals surface area contributed by atoms with E-state index in [1.807, 2.05) is 24.3 Å². The zero-order valence-corrected chi connectivity index (χ0v) is 10.2. The van der Waals surface area contributed by atoms with Crippen molar-refractivity contribution in [1.29, 1.82) is 0 Å². The lowest BCUT2D eigenvalue weighted by molar-refractivity contribution is 0.101. The minimum Gasteiger partial charge on any atom is -0.456 e. The lowest BCUT2D eigenvalue weighted by Gasteiger charge is -2.00. The molecule has 0 amide bonds. The second-order valence-corrected chi connectivity index (χ2v) is 4.21. The Bertz CT molecular complexity index is 746. The Morgan fingerprint density at radius 2 is 2.11 bits per heavy atom. The molecule has 0 saturated carbocycles. The van der Waals surface area contributed by atoms with Gasteiger partial charge in [0.25, 0.3) is 0 Å². The summed E-state index contributed by atoms with van der Waals surface area (Å²) in [4.78, 5) is 16.5. The van der Waals surface area contributed by atoms with Crippen molar-refractivity contribution in [3.8, 4) is 0 Å². The molecule has 0 bridgehead atoms. The molecule has 3 aromatic rings. The minimum absolute atomic E-state index is 0.148. The third-order valence-electron chi connectivity index (χ3n) is 2.95. The Hall–Kier alpha value is -2.46. The molecular weight excluding hydrogens is 240 g/mol. The van der Waals surface area contributed by atoms with Crippen LogP contribution in [0.3, 0.4) is 0 Å². The molecule has 2 N–H and O–H groups in total. The van der Waals surface area contributed by atoms with Crippen LogP contribution in [0.25, 0.3) is 10.9 Å². The first kappa shape index (κ1) is 11.6. The smallest absolute Gasteiger partial charge is 0.228 e. The number of rotatable bonds is 3. The van der Waals surface area contributed by atoms with E-state index in [2.05, 4.69) is 4.98 Å². The van der Waals surface area contributed by atoms with Crippen molar-refractivity contribution in [2.24, 2.45) is 5.73 Å². The largest absolute Gasteiger partial charge is 0.456 e. The molecule has 4 nitrogen and oxygen atoms in total. The topological polar surface area (TPSA) is 69.1 Å². The fourth-order valence-electron chi connectivity index (χ4n) is 1.97. The van der Waals surface area contributed by atoms with Gasteiger partial charge in [0.15, 0.2) is 5.76 Å². The molecule has 94 valence electrons. The van der Waals surface area contributed by atoms with E-state index < -0.39 is 0 Å². The molecule has 1 aromatic carbocycles. The van der Waals surface area contributed by atoms with Gasteiger partial charge < -0.3 is 10.2 Å². The summed E-state index contributed by atoms with van der Waals surface area (Å²) in [6.07, 6.45) is 1.73. The number of aromatic nitrogens is 1. The standard InChI is InChI=1S/C15H12N2O2/c16-9-12-4-6-14(19-12)15(18)11-3-5-13-10(8-11)2-1-7-17-13/h1-8H,9,16H2. The Morgan fingerprint density at radius 1 is 1.21 bits per heavy atom. The summed E-state index contributed by atoms with van der Waals surface area (Å²) in [5, 5.41) is 0.930. The third kappa shape index (κ3) is 2.13. The molecule has 0 fully saturated rings. The number of pyridine rings is 1. The van der Waals surface area contributed by atoms with Crippen molar-refractivity contribution in [2.45, 2.75) is 6.54 Å². The van der Waals surface area contributed by atoms with Gasteiger partial charge in [-0.2, -0.15) is 0 Å². The van der Waals surface area contributed by atoms with Crippen molar-refractivity contribution < 1.29 is 9.21 Å². The van der Waals surface area contributed by atoms with Crippen LogP contribution >= 0.6 is 0 Å². The average Bonchev–Trinajstić information content (AvgIpc) is 2.95. The van der Waals surface area contributed by atoms with Crippen LogP contribution in [0.2, 0.25) is 0 Å². The number of nitrogens with two attached hydrogens (primary N) is 1. The summed E-state index contributed by atoms with van der Waals surface area (Å²) in [5.74, 6) is 0.764. The highest BCUT2D eigenvalue weighted by atomic mass is 16.3. The predicted molar refractivity (Wildman–Crippen MR) is 71.8 cm³/mol. The van der Waals surface area contributed by atoms with Crippen LogP contribution in [-0.2, 0) is 6.54 Å². The molecule has 2 aromatic heterocycles. The van der Waals surface area contributed by atoms with E-state index in [1.54, 1.807) is 24.4 Å². The number of hydrogen-bond donors (Lipinski definition) is 1. The molecule has 0 aliphatic rings. The fraction of sp³-hybridized carbons (Fsp3) is 0.0667. The van der Waals surface area contributed by atoms with Gasteiger partial charge in [-0.1, -0.05) is 6.07 Å². The Kier molecular flexibility index (Phi) is 2.85. The highest BCUT2D eigenvalue weighted by Gasteiger charge is 2.13. The van der Waals surface area contributed by atoms with E-state index in [1.165, 1.54) is 0 Å². The molecule has 19 heavy (non-hydrogen) atoms. The maximum atomic E-state index is 12.3. The van der Waals surface area contributed by atoms with Crippen LogP contribution in [0, 0.1) is 0 Å². The van der Waals surface area contributed by atoms with Gasteiger partial charge in [0.2, 0.25) is 5.78 Å². The zero-order valence-electron chi connectivity index (χ0n) is 10.2. The monoisotopic (exact) mass is 252 g/mol. The van der Waals surface area contributed by atoms with Crippen LogP contribution in [0.1, 0.15) is 21.9 Å². The summed E-state index contributed by atoms with van der Waals surface area (Å²) < 4.78 is 5.37. The first-order valence-electron chi connectivity index (χ1n) is 5.96. The molecule has 2 heterocycles. The van der Waals surface area contributed by atoms with Gasteiger partial charge >= 0.3 is 0 Å². The van der Waals surface area contributed by atoms with Crippen molar-refractivity contribution in [2.75, 3.05) is 0 Å². The number of carbonyl (C=O) groups is 1. The minimum atomic E-state index is -0.148. The van der Waals surface area contributed by atoms with E-state index in [0.717, 1.165) is 10.9 Å². The third-order valence-corrected chi connectivity index (χ3v) is 2.95. The first-order valence-corrected chi connectivity index (χ1v) is 5.96. The van der Waals surface area contributed by atoms with Crippen LogP contribution in [0.15, 0.2) is 53.1 Å². The van der Waals surface area contributed by atoms with Gasteiger partial charge in [0.1, 0.15) is 5.76 Å². The normalized spacial score (nSPS) is 10.8. The SMILES string of the molecule is NCc1ccc(C(=O)c2ccc3ncccc3c2)o1. The number of ketones is 1. The highest BCUT2D eigenvalue weighted by Crippen LogP contribution is 2.18. The Labute approximate surface area is 109 Å². The molecular formula is C15H12N2O2. The average molecular weight is 252 g/mol. The van der Waals surface area contributed by atoms with Crippen molar-refractivity contribution >= 4 is 16.7 Å². The van der Waals surface area contributed by atoms with Gasteiger partial charge in [-0.05, 0) is 36.4 Å². The van der Waals surface area contributed by atoms with E-state index in [-0.39, 0.29) is 12.3 Å². The van der Waals surface area contributed by atoms with Gasteiger partial charge in [-0.15, -0.1) is 0 Å². The molecule has 0 aliphatic heterocycles. The van der Waals surface area contributed by atoms with Crippen molar-refractivity contribution in [3.05, 3.63) is 65.7 Å². The molecule has 0 aliphatic carbocycles. The maximum absolute atomic E-state index is 12.3. The summed E-state index contributed by atoms with van der Waals surface area (Å²) in [6, 6.07) is 12.5. The quantitative estimate of drug-likeness (QED) is 0.727. The molecule has 0 spiro atoms. The van der Waals surface area contributed by atoms with Crippen LogP contribution in [0.5, 0.6) is 0 Å². The van der Waals surface area contributed by atoms with Crippen LogP contribution in [0.4, 0.5) is 0 Å². The molecule has 0 saturated heterocycles. The first-order chi connectivity index (χ1) is 9.28. The number of carbonyl (C=O) groups excluding carboxylic acids is 1. The van der Waals surface area contributed by atoms with E-state index in [4.69, 9.17) is 10.2 Å². The van der Waals surface area contributed by atoms with Gasteiger partial charge in [0, 0.05) is 17.1 Å². The Morgan fingerprint density at radius 3 is 2.89 bits per heavy atom. The number of benzene rings is 1. The second kappa shape index (κ2) is 4.66. The molecule has 0 atom stereocenters. The van der Waals surface area contributed by atoms with Gasteiger partial charge in [-0.3, -0.25) is 9.78 Å². The molecule has 3 rings (SSSR count). The number of hydrogen-bond acceptors (Lipinski definition) is 4. The Balaban J connectivity index is 2.01. The summed E-state index contributed by atoms with van der Waals surface area (Å²) >= 11 is 0. The summed E-state index contributed by atoms with van der Waals surface area (Å²) in [7, 11) is 0. The molecule has 0 unspecified atom stereocenters. The number of fused-ring (bicyclic) bond motifs is 1. The van der Waals surface area contributed by atoms with Crippen LogP contribution < -0.4 is 5.73 Å². The van der Waals surface area contributed by atoms with E-state index >= 15 is 0 Å².